The summed E-state index contributed by atoms with van der Waals surface area (Å²) in [5.41, 5.74) is 4.71. The Kier molecular flexibility index (Phi) is 5.26. The summed E-state index contributed by atoms with van der Waals surface area (Å²) < 4.78 is 12.0. The number of hydrogen-bond donors (Lipinski definition) is 0. The van der Waals surface area contributed by atoms with Gasteiger partial charge in [0.05, 0.1) is 11.1 Å². The number of fused-ring (bicyclic) bond motifs is 3. The van der Waals surface area contributed by atoms with Crippen molar-refractivity contribution < 1.29 is 14.3 Å². The lowest BCUT2D eigenvalue weighted by Crippen LogP contribution is -2.33. The quantitative estimate of drug-likeness (QED) is 0.500. The number of nitrogens with zero attached hydrogens (tertiary/aromatic N) is 1. The molecule has 0 aliphatic carbocycles. The molecule has 5 heteroatoms. The standard InChI is InChI=1S/C26H22ClNO3/c1-17-5-4-6-18(13-17)14-24-25(29)20-9-10-23-21(26(20)31-24)15-28(16-30-23)12-11-19-7-2-3-8-22(19)27/h2-10,13-14H,11-12,15-16H2,1H3/b24-14-. The first-order chi connectivity index (χ1) is 15.1. The van der Waals surface area contributed by atoms with Crippen molar-refractivity contribution >= 4 is 23.5 Å². The van der Waals surface area contributed by atoms with Gasteiger partial charge in [0.25, 0.3) is 0 Å². The Labute approximate surface area is 186 Å². The van der Waals surface area contributed by atoms with Crippen LogP contribution in [0.1, 0.15) is 32.6 Å². The molecule has 0 aromatic heterocycles. The normalized spacial score (nSPS) is 16.6. The van der Waals surface area contributed by atoms with Gasteiger partial charge in [0.15, 0.2) is 5.76 Å². The zero-order chi connectivity index (χ0) is 21.4. The lowest BCUT2D eigenvalue weighted by Gasteiger charge is -2.29. The van der Waals surface area contributed by atoms with Gasteiger partial charge in [-0.25, -0.2) is 0 Å². The Morgan fingerprint density at radius 3 is 2.81 bits per heavy atom. The maximum Gasteiger partial charge on any atom is 0.231 e. The molecule has 0 fully saturated rings. The van der Waals surface area contributed by atoms with Crippen molar-refractivity contribution in [1.82, 2.24) is 4.90 Å². The highest BCUT2D eigenvalue weighted by Crippen LogP contribution is 2.42. The van der Waals surface area contributed by atoms with E-state index in [4.69, 9.17) is 21.1 Å². The zero-order valence-corrected chi connectivity index (χ0v) is 18.0. The molecule has 2 aliphatic heterocycles. The number of ketones is 1. The molecule has 0 atom stereocenters. The predicted octanol–water partition coefficient (Wildman–Crippen LogP) is 5.66. The third-order valence-corrected chi connectivity index (χ3v) is 6.05. The van der Waals surface area contributed by atoms with Crippen LogP contribution in [-0.2, 0) is 13.0 Å². The zero-order valence-electron chi connectivity index (χ0n) is 17.2. The summed E-state index contributed by atoms with van der Waals surface area (Å²) in [5.74, 6) is 1.65. The number of ether oxygens (including phenoxy) is 2. The second-order valence-corrected chi connectivity index (χ2v) is 8.35. The van der Waals surface area contributed by atoms with Gasteiger partial charge in [-0.15, -0.1) is 0 Å². The van der Waals surface area contributed by atoms with Gasteiger partial charge in [0.2, 0.25) is 5.78 Å². The van der Waals surface area contributed by atoms with Crippen molar-refractivity contribution in [2.45, 2.75) is 19.9 Å². The second kappa shape index (κ2) is 8.22. The topological polar surface area (TPSA) is 38.8 Å². The number of carbonyl (C=O) groups is 1. The number of rotatable bonds is 4. The van der Waals surface area contributed by atoms with E-state index in [9.17, 15) is 4.79 Å². The summed E-state index contributed by atoms with van der Waals surface area (Å²) in [4.78, 5) is 15.1. The largest absolute Gasteiger partial charge is 0.478 e. The van der Waals surface area contributed by atoms with Crippen LogP contribution in [0.4, 0.5) is 0 Å². The van der Waals surface area contributed by atoms with Crippen LogP contribution in [0.15, 0.2) is 66.4 Å². The monoisotopic (exact) mass is 431 g/mol. The highest BCUT2D eigenvalue weighted by molar-refractivity contribution is 6.31. The average Bonchev–Trinajstić information content (AvgIpc) is 3.09. The van der Waals surface area contributed by atoms with E-state index >= 15 is 0 Å². The van der Waals surface area contributed by atoms with E-state index < -0.39 is 0 Å². The van der Waals surface area contributed by atoms with Crippen molar-refractivity contribution in [2.75, 3.05) is 13.3 Å². The molecule has 156 valence electrons. The minimum Gasteiger partial charge on any atom is -0.478 e. The van der Waals surface area contributed by atoms with E-state index in [1.54, 1.807) is 12.1 Å². The van der Waals surface area contributed by atoms with Gasteiger partial charge >= 0.3 is 0 Å². The van der Waals surface area contributed by atoms with Gasteiger partial charge in [-0.05, 0) is 48.7 Å². The number of carbonyl (C=O) groups excluding carboxylic acids is 1. The van der Waals surface area contributed by atoms with Gasteiger partial charge in [-0.3, -0.25) is 9.69 Å². The Morgan fingerprint density at radius 1 is 1.10 bits per heavy atom. The van der Waals surface area contributed by atoms with E-state index in [1.807, 2.05) is 61.5 Å². The van der Waals surface area contributed by atoms with Gasteiger partial charge in [0.1, 0.15) is 18.2 Å². The van der Waals surface area contributed by atoms with E-state index in [0.717, 1.165) is 46.0 Å². The van der Waals surface area contributed by atoms with Crippen molar-refractivity contribution in [2.24, 2.45) is 0 Å². The van der Waals surface area contributed by atoms with E-state index in [2.05, 4.69) is 4.90 Å². The lowest BCUT2D eigenvalue weighted by atomic mass is 10.0. The van der Waals surface area contributed by atoms with Gasteiger partial charge < -0.3 is 9.47 Å². The molecule has 2 heterocycles. The van der Waals surface area contributed by atoms with E-state index in [1.165, 1.54) is 0 Å². The molecule has 5 rings (SSSR count). The fourth-order valence-electron chi connectivity index (χ4n) is 4.04. The van der Waals surface area contributed by atoms with Crippen molar-refractivity contribution in [3.63, 3.8) is 0 Å². The molecule has 0 N–H and O–H groups in total. The number of Topliss-reactive ketones (excluding diaryl/α,β-unsaturated/α-hetero) is 1. The molecule has 2 aliphatic rings. The van der Waals surface area contributed by atoms with Crippen LogP contribution in [0.5, 0.6) is 11.5 Å². The van der Waals surface area contributed by atoms with Crippen molar-refractivity contribution in [3.8, 4) is 11.5 Å². The molecule has 0 amide bonds. The summed E-state index contributed by atoms with van der Waals surface area (Å²) in [6.07, 6.45) is 2.63. The third-order valence-electron chi connectivity index (χ3n) is 5.68. The Morgan fingerprint density at radius 2 is 1.97 bits per heavy atom. The fourth-order valence-corrected chi connectivity index (χ4v) is 4.27. The molecule has 4 nitrogen and oxygen atoms in total. The fraction of sp³-hybridized carbons (Fsp3) is 0.192. The van der Waals surface area contributed by atoms with Crippen LogP contribution < -0.4 is 9.47 Å². The van der Waals surface area contributed by atoms with Gasteiger partial charge in [0, 0.05) is 18.1 Å². The highest BCUT2D eigenvalue weighted by Gasteiger charge is 2.33. The number of benzene rings is 3. The molecule has 3 aromatic rings. The van der Waals surface area contributed by atoms with Crippen LogP contribution in [0.3, 0.4) is 0 Å². The number of hydrogen-bond acceptors (Lipinski definition) is 4. The number of aryl methyl sites for hydroxylation is 1. The summed E-state index contributed by atoms with van der Waals surface area (Å²) in [6.45, 7) is 3.98. The summed E-state index contributed by atoms with van der Waals surface area (Å²) in [7, 11) is 0. The first-order valence-electron chi connectivity index (χ1n) is 10.3. The van der Waals surface area contributed by atoms with E-state index in [0.29, 0.717) is 30.3 Å². The molecule has 0 saturated carbocycles. The Hall–Kier alpha value is -3.08. The van der Waals surface area contributed by atoms with Gasteiger partial charge in [-0.2, -0.15) is 0 Å². The molecular formula is C26H22ClNO3. The SMILES string of the molecule is Cc1cccc(/C=C2\Oc3c(ccc4c3CN(CCc3ccccc3Cl)CO4)C2=O)c1. The predicted molar refractivity (Wildman–Crippen MR) is 122 cm³/mol. The minimum absolute atomic E-state index is 0.0903. The third kappa shape index (κ3) is 3.97. The smallest absolute Gasteiger partial charge is 0.231 e. The van der Waals surface area contributed by atoms with Crippen LogP contribution >= 0.6 is 11.6 Å². The maximum absolute atomic E-state index is 12.9. The van der Waals surface area contributed by atoms with Crippen LogP contribution in [0.25, 0.3) is 6.08 Å². The van der Waals surface area contributed by atoms with Crippen molar-refractivity contribution in [3.05, 3.63) is 99.3 Å². The Balaban J connectivity index is 1.37. The van der Waals surface area contributed by atoms with E-state index in [-0.39, 0.29) is 5.78 Å². The summed E-state index contributed by atoms with van der Waals surface area (Å²) >= 11 is 6.29. The molecule has 0 unspecified atom stereocenters. The molecule has 0 bridgehead atoms. The average molecular weight is 432 g/mol. The Bertz CT molecular complexity index is 1200. The second-order valence-electron chi connectivity index (χ2n) is 7.94. The summed E-state index contributed by atoms with van der Waals surface area (Å²) in [5, 5.41) is 0.779. The number of halogens is 1. The molecule has 0 radical (unpaired) electrons. The molecule has 0 spiro atoms. The summed E-state index contributed by atoms with van der Waals surface area (Å²) in [6, 6.07) is 19.6. The lowest BCUT2D eigenvalue weighted by molar-refractivity contribution is 0.0950. The van der Waals surface area contributed by atoms with Crippen LogP contribution in [-0.4, -0.2) is 24.0 Å². The molecule has 3 aromatic carbocycles. The molecule has 0 saturated heterocycles. The number of allylic oxidation sites excluding steroid dienone is 1. The maximum atomic E-state index is 12.9. The highest BCUT2D eigenvalue weighted by atomic mass is 35.5. The first kappa shape index (κ1) is 19.9. The van der Waals surface area contributed by atoms with Crippen molar-refractivity contribution in [1.29, 1.82) is 0 Å². The minimum atomic E-state index is -0.0903. The first-order valence-corrected chi connectivity index (χ1v) is 10.7. The molecule has 31 heavy (non-hydrogen) atoms. The van der Waals surface area contributed by atoms with Crippen LogP contribution in [0.2, 0.25) is 5.02 Å². The van der Waals surface area contributed by atoms with Crippen LogP contribution in [0, 0.1) is 6.92 Å². The van der Waals surface area contributed by atoms with Gasteiger partial charge in [-0.1, -0.05) is 59.6 Å². The molecular weight excluding hydrogens is 410 g/mol.